The molecule has 0 saturated heterocycles. The van der Waals surface area contributed by atoms with Gasteiger partial charge in [0, 0.05) is 17.0 Å². The highest BCUT2D eigenvalue weighted by molar-refractivity contribution is 7.99. The van der Waals surface area contributed by atoms with Gasteiger partial charge in [-0.15, -0.1) is 11.8 Å². The molecule has 1 aliphatic rings. The van der Waals surface area contributed by atoms with Crippen molar-refractivity contribution in [2.75, 3.05) is 6.54 Å². The molecule has 0 bridgehead atoms. The van der Waals surface area contributed by atoms with Crippen LogP contribution in [0.2, 0.25) is 0 Å². The Kier molecular flexibility index (Phi) is 6.37. The summed E-state index contributed by atoms with van der Waals surface area (Å²) in [6.07, 6.45) is 7.99. The van der Waals surface area contributed by atoms with Crippen molar-refractivity contribution in [3.63, 3.8) is 0 Å². The maximum Gasteiger partial charge on any atom is 0.0968 e. The van der Waals surface area contributed by atoms with Crippen molar-refractivity contribution in [2.24, 2.45) is 0 Å². The first-order chi connectivity index (χ1) is 9.69. The van der Waals surface area contributed by atoms with Gasteiger partial charge in [0.25, 0.3) is 0 Å². The molecule has 0 amide bonds. The van der Waals surface area contributed by atoms with E-state index in [0.29, 0.717) is 11.3 Å². The van der Waals surface area contributed by atoms with Gasteiger partial charge >= 0.3 is 0 Å². The smallest absolute Gasteiger partial charge is 0.0968 e. The molecule has 1 saturated carbocycles. The fourth-order valence-corrected chi connectivity index (χ4v) is 4.44. The minimum Gasteiger partial charge on any atom is -0.313 e. The molecule has 2 nitrogen and oxygen atoms in total. The summed E-state index contributed by atoms with van der Waals surface area (Å²) in [6, 6.07) is 5.05. The van der Waals surface area contributed by atoms with Crippen LogP contribution in [0.15, 0.2) is 17.2 Å². The van der Waals surface area contributed by atoms with E-state index < -0.39 is 0 Å². The fraction of sp³-hybridized carbons (Fsp3) is 0.706. The van der Waals surface area contributed by atoms with Crippen LogP contribution in [0.3, 0.4) is 0 Å². The molecule has 0 spiro atoms. The number of aryl methyl sites for hydroxylation is 2. The predicted octanol–water partition coefficient (Wildman–Crippen LogP) is 4.49. The van der Waals surface area contributed by atoms with Gasteiger partial charge in [0.2, 0.25) is 0 Å². The monoisotopic (exact) mass is 292 g/mol. The van der Waals surface area contributed by atoms with Gasteiger partial charge in [-0.25, -0.2) is 4.98 Å². The fourth-order valence-electron chi connectivity index (χ4n) is 3.00. The standard InChI is InChI=1S/C17H28N2S/c1-4-10-18-15-8-6-5-7-9-16(15)20-17-12-13(2)11-14(3)19-17/h11-12,15-16,18H,4-10H2,1-3H3. The van der Waals surface area contributed by atoms with E-state index in [1.165, 1.54) is 49.1 Å². The van der Waals surface area contributed by atoms with Gasteiger partial charge in [0.05, 0.1) is 5.03 Å². The first kappa shape index (κ1) is 15.8. The molecular weight excluding hydrogens is 264 g/mol. The van der Waals surface area contributed by atoms with Crippen molar-refractivity contribution < 1.29 is 0 Å². The third-order valence-corrected chi connectivity index (χ3v) is 5.27. The molecule has 2 rings (SSSR count). The van der Waals surface area contributed by atoms with Crippen LogP contribution in [0.4, 0.5) is 0 Å². The van der Waals surface area contributed by atoms with E-state index in [1.807, 2.05) is 11.8 Å². The largest absolute Gasteiger partial charge is 0.313 e. The summed E-state index contributed by atoms with van der Waals surface area (Å²) in [5.74, 6) is 0. The predicted molar refractivity (Wildman–Crippen MR) is 88.5 cm³/mol. The molecule has 1 aliphatic carbocycles. The molecule has 20 heavy (non-hydrogen) atoms. The Morgan fingerprint density at radius 2 is 2.00 bits per heavy atom. The molecule has 0 aromatic carbocycles. The lowest BCUT2D eigenvalue weighted by atomic mass is 10.1. The Hall–Kier alpha value is -0.540. The number of pyridine rings is 1. The minimum atomic E-state index is 0.657. The van der Waals surface area contributed by atoms with Crippen molar-refractivity contribution in [3.8, 4) is 0 Å². The SMILES string of the molecule is CCCNC1CCCCCC1Sc1cc(C)cc(C)n1. The van der Waals surface area contributed by atoms with E-state index in [-0.39, 0.29) is 0 Å². The number of hydrogen-bond acceptors (Lipinski definition) is 3. The van der Waals surface area contributed by atoms with E-state index >= 15 is 0 Å². The number of rotatable bonds is 5. The molecular formula is C17H28N2S. The van der Waals surface area contributed by atoms with Gasteiger partial charge in [-0.05, 0) is 57.4 Å². The van der Waals surface area contributed by atoms with Gasteiger partial charge in [-0.2, -0.15) is 0 Å². The summed E-state index contributed by atoms with van der Waals surface area (Å²) >= 11 is 1.99. The summed E-state index contributed by atoms with van der Waals surface area (Å²) in [5.41, 5.74) is 2.46. The highest BCUT2D eigenvalue weighted by Gasteiger charge is 2.24. The molecule has 3 heteroatoms. The number of aromatic nitrogens is 1. The van der Waals surface area contributed by atoms with Crippen LogP contribution in [0.1, 0.15) is 56.7 Å². The van der Waals surface area contributed by atoms with E-state index in [9.17, 15) is 0 Å². The lowest BCUT2D eigenvalue weighted by Crippen LogP contribution is -2.37. The second-order valence-electron chi connectivity index (χ2n) is 5.98. The molecule has 0 aliphatic heterocycles. The molecule has 1 N–H and O–H groups in total. The Morgan fingerprint density at radius 1 is 1.20 bits per heavy atom. The van der Waals surface area contributed by atoms with Crippen LogP contribution in [0, 0.1) is 13.8 Å². The summed E-state index contributed by atoms with van der Waals surface area (Å²) in [5, 5.41) is 5.65. The highest BCUT2D eigenvalue weighted by atomic mass is 32.2. The highest BCUT2D eigenvalue weighted by Crippen LogP contribution is 2.32. The summed E-state index contributed by atoms with van der Waals surface area (Å²) in [4.78, 5) is 4.71. The zero-order valence-corrected chi connectivity index (χ0v) is 13.9. The molecule has 1 aromatic heterocycles. The summed E-state index contributed by atoms with van der Waals surface area (Å²) < 4.78 is 0. The molecule has 2 unspecified atom stereocenters. The van der Waals surface area contributed by atoms with Gasteiger partial charge in [0.1, 0.15) is 0 Å². The van der Waals surface area contributed by atoms with Crippen molar-refractivity contribution >= 4 is 11.8 Å². The number of thioether (sulfide) groups is 1. The van der Waals surface area contributed by atoms with Crippen LogP contribution >= 0.6 is 11.8 Å². The van der Waals surface area contributed by atoms with Gasteiger partial charge in [-0.3, -0.25) is 0 Å². The summed E-state index contributed by atoms with van der Waals surface area (Å²) in [6.45, 7) is 7.65. The minimum absolute atomic E-state index is 0.657. The van der Waals surface area contributed by atoms with Gasteiger partial charge in [-0.1, -0.05) is 26.2 Å². The second kappa shape index (κ2) is 8.04. The Bertz CT molecular complexity index is 399. The Balaban J connectivity index is 2.05. The van der Waals surface area contributed by atoms with Crippen molar-refractivity contribution in [1.82, 2.24) is 10.3 Å². The molecule has 112 valence electrons. The number of nitrogens with zero attached hydrogens (tertiary/aromatic N) is 1. The van der Waals surface area contributed by atoms with E-state index in [0.717, 1.165) is 12.2 Å². The van der Waals surface area contributed by atoms with Gasteiger partial charge < -0.3 is 5.32 Å². The number of hydrogen-bond donors (Lipinski definition) is 1. The Morgan fingerprint density at radius 3 is 2.75 bits per heavy atom. The van der Waals surface area contributed by atoms with Crippen LogP contribution in [-0.2, 0) is 0 Å². The molecule has 0 radical (unpaired) electrons. The second-order valence-corrected chi connectivity index (χ2v) is 7.24. The average Bonchev–Trinajstić information content (AvgIpc) is 2.60. The van der Waals surface area contributed by atoms with E-state index in [2.05, 4.69) is 38.2 Å². The molecule has 1 aromatic rings. The third-order valence-electron chi connectivity index (χ3n) is 3.96. The maximum atomic E-state index is 4.71. The quantitative estimate of drug-likeness (QED) is 0.809. The van der Waals surface area contributed by atoms with Crippen molar-refractivity contribution in [3.05, 3.63) is 23.4 Å². The molecule has 1 heterocycles. The average molecular weight is 292 g/mol. The molecule has 1 fully saturated rings. The zero-order chi connectivity index (χ0) is 14.4. The van der Waals surface area contributed by atoms with Crippen LogP contribution in [-0.4, -0.2) is 22.8 Å². The van der Waals surface area contributed by atoms with Gasteiger partial charge in [0.15, 0.2) is 0 Å². The van der Waals surface area contributed by atoms with Crippen LogP contribution < -0.4 is 5.32 Å². The van der Waals surface area contributed by atoms with E-state index in [4.69, 9.17) is 4.98 Å². The third kappa shape index (κ3) is 4.78. The van der Waals surface area contributed by atoms with Crippen molar-refractivity contribution in [2.45, 2.75) is 75.6 Å². The number of nitrogens with one attached hydrogen (secondary N) is 1. The Labute approximate surface area is 128 Å². The zero-order valence-electron chi connectivity index (χ0n) is 13.1. The maximum absolute atomic E-state index is 4.71. The van der Waals surface area contributed by atoms with Crippen LogP contribution in [0.25, 0.3) is 0 Å². The first-order valence-electron chi connectivity index (χ1n) is 8.04. The summed E-state index contributed by atoms with van der Waals surface area (Å²) in [7, 11) is 0. The molecule has 2 atom stereocenters. The first-order valence-corrected chi connectivity index (χ1v) is 8.92. The van der Waals surface area contributed by atoms with E-state index in [1.54, 1.807) is 0 Å². The topological polar surface area (TPSA) is 24.9 Å². The van der Waals surface area contributed by atoms with Crippen LogP contribution in [0.5, 0.6) is 0 Å². The normalized spacial score (nSPS) is 23.6. The lowest BCUT2D eigenvalue weighted by molar-refractivity contribution is 0.469. The van der Waals surface area contributed by atoms with Crippen molar-refractivity contribution in [1.29, 1.82) is 0 Å². The lowest BCUT2D eigenvalue weighted by Gasteiger charge is -2.25.